The second kappa shape index (κ2) is 7.76. The number of rotatable bonds is 7. The zero-order valence-electron chi connectivity index (χ0n) is 12.8. The Bertz CT molecular complexity index is 387. The number of nitrogens with one attached hydrogen (secondary N) is 1. The van der Waals surface area contributed by atoms with E-state index in [9.17, 15) is 13.8 Å². The van der Waals surface area contributed by atoms with Gasteiger partial charge in [-0.2, -0.15) is 0 Å². The molecule has 0 aromatic rings. The molecule has 1 rings (SSSR count). The Kier molecular flexibility index (Phi) is 6.65. The molecule has 1 saturated heterocycles. The molecule has 0 aliphatic carbocycles. The number of carbonyl (C=O) groups is 2. The molecule has 1 aliphatic heterocycles. The zero-order valence-corrected chi connectivity index (χ0v) is 13.7. The lowest BCUT2D eigenvalue weighted by Gasteiger charge is -2.42. The molecule has 4 atom stereocenters. The van der Waals surface area contributed by atoms with Crippen LogP contribution in [0.4, 0.5) is 0 Å². The van der Waals surface area contributed by atoms with Crippen molar-refractivity contribution in [2.45, 2.75) is 64.6 Å². The van der Waals surface area contributed by atoms with Gasteiger partial charge in [0, 0.05) is 28.9 Å². The Labute approximate surface area is 123 Å². The molecular formula is C14H26N2O3S. The van der Waals surface area contributed by atoms with Gasteiger partial charge in [-0.1, -0.05) is 20.3 Å². The van der Waals surface area contributed by atoms with E-state index in [1.165, 1.54) is 0 Å². The Morgan fingerprint density at radius 3 is 2.50 bits per heavy atom. The number of carbonyl (C=O) groups excluding carboxylic acids is 2. The molecule has 0 spiro atoms. The number of amides is 2. The van der Waals surface area contributed by atoms with Crippen molar-refractivity contribution in [3.8, 4) is 0 Å². The molecule has 1 fully saturated rings. The topological polar surface area (TPSA) is 66.5 Å². The SMILES string of the molecule is CCCC1NC(=O)C(CC)N(C(C)CCS(C)=O)C1=O. The average Bonchev–Trinajstić information content (AvgIpc) is 2.39. The fourth-order valence-corrected chi connectivity index (χ4v) is 3.33. The molecule has 2 amide bonds. The highest BCUT2D eigenvalue weighted by atomic mass is 32.2. The second-order valence-electron chi connectivity index (χ2n) is 5.43. The minimum Gasteiger partial charge on any atom is -0.343 e. The summed E-state index contributed by atoms with van der Waals surface area (Å²) in [6.45, 7) is 5.85. The van der Waals surface area contributed by atoms with E-state index < -0.39 is 22.9 Å². The monoisotopic (exact) mass is 302 g/mol. The zero-order chi connectivity index (χ0) is 15.3. The molecular weight excluding hydrogens is 276 g/mol. The van der Waals surface area contributed by atoms with E-state index in [2.05, 4.69) is 5.32 Å². The molecule has 0 aromatic heterocycles. The van der Waals surface area contributed by atoms with Crippen molar-refractivity contribution >= 4 is 22.6 Å². The highest BCUT2D eigenvalue weighted by Gasteiger charge is 2.41. The first-order valence-corrected chi connectivity index (χ1v) is 9.07. The molecule has 1 aliphatic rings. The number of piperazine rings is 1. The lowest BCUT2D eigenvalue weighted by molar-refractivity contribution is -0.152. The van der Waals surface area contributed by atoms with Crippen LogP contribution < -0.4 is 5.32 Å². The first-order chi connectivity index (χ1) is 9.42. The van der Waals surface area contributed by atoms with E-state index in [4.69, 9.17) is 0 Å². The smallest absolute Gasteiger partial charge is 0.246 e. The van der Waals surface area contributed by atoms with Crippen molar-refractivity contribution in [3.63, 3.8) is 0 Å². The van der Waals surface area contributed by atoms with Crippen LogP contribution in [0.5, 0.6) is 0 Å². The minimum atomic E-state index is -0.874. The van der Waals surface area contributed by atoms with Gasteiger partial charge in [-0.05, 0) is 26.2 Å². The van der Waals surface area contributed by atoms with E-state index in [0.29, 0.717) is 25.0 Å². The summed E-state index contributed by atoms with van der Waals surface area (Å²) in [4.78, 5) is 26.4. The van der Waals surface area contributed by atoms with Crippen molar-refractivity contribution in [2.24, 2.45) is 0 Å². The standard InChI is InChI=1S/C14H26N2O3S/c1-5-7-11-14(18)16(10(3)8-9-20(4)19)12(6-2)13(17)15-11/h10-12H,5-9H2,1-4H3,(H,15,17). The first-order valence-electron chi connectivity index (χ1n) is 7.34. The molecule has 20 heavy (non-hydrogen) atoms. The molecule has 6 heteroatoms. The van der Waals surface area contributed by atoms with Crippen molar-refractivity contribution in [3.05, 3.63) is 0 Å². The van der Waals surface area contributed by atoms with Gasteiger partial charge in [0.1, 0.15) is 12.1 Å². The number of nitrogens with zero attached hydrogens (tertiary/aromatic N) is 1. The van der Waals surface area contributed by atoms with Crippen LogP contribution in [0.25, 0.3) is 0 Å². The van der Waals surface area contributed by atoms with E-state index in [0.717, 1.165) is 6.42 Å². The summed E-state index contributed by atoms with van der Waals surface area (Å²) in [6.07, 6.45) is 4.46. The molecule has 1 heterocycles. The van der Waals surface area contributed by atoms with Crippen LogP contribution in [0.1, 0.15) is 46.5 Å². The molecule has 116 valence electrons. The molecule has 4 unspecified atom stereocenters. The van der Waals surface area contributed by atoms with Crippen LogP contribution in [0.2, 0.25) is 0 Å². The third-order valence-corrected chi connectivity index (χ3v) is 4.58. The van der Waals surface area contributed by atoms with Gasteiger partial charge in [-0.25, -0.2) is 0 Å². The van der Waals surface area contributed by atoms with Gasteiger partial charge in [0.25, 0.3) is 0 Å². The quantitative estimate of drug-likeness (QED) is 0.764. The Balaban J connectivity index is 2.86. The summed E-state index contributed by atoms with van der Waals surface area (Å²) in [5.74, 6) is 0.504. The predicted molar refractivity (Wildman–Crippen MR) is 80.8 cm³/mol. The van der Waals surface area contributed by atoms with E-state index >= 15 is 0 Å². The third-order valence-electron chi connectivity index (χ3n) is 3.77. The largest absolute Gasteiger partial charge is 0.343 e. The van der Waals surface area contributed by atoms with Crippen molar-refractivity contribution < 1.29 is 13.8 Å². The van der Waals surface area contributed by atoms with E-state index in [1.807, 2.05) is 20.8 Å². The fraction of sp³-hybridized carbons (Fsp3) is 0.857. The van der Waals surface area contributed by atoms with Gasteiger partial charge in [0.15, 0.2) is 0 Å². The maximum Gasteiger partial charge on any atom is 0.246 e. The molecule has 0 saturated carbocycles. The lowest BCUT2D eigenvalue weighted by atomic mass is 9.99. The maximum absolute atomic E-state index is 12.6. The van der Waals surface area contributed by atoms with Crippen LogP contribution in [0.15, 0.2) is 0 Å². The fourth-order valence-electron chi connectivity index (χ4n) is 2.66. The molecule has 1 N–H and O–H groups in total. The van der Waals surface area contributed by atoms with Crippen LogP contribution >= 0.6 is 0 Å². The van der Waals surface area contributed by atoms with Gasteiger partial charge >= 0.3 is 0 Å². The van der Waals surface area contributed by atoms with Crippen molar-refractivity contribution in [1.29, 1.82) is 0 Å². The number of hydrogen-bond donors (Lipinski definition) is 1. The van der Waals surface area contributed by atoms with Crippen LogP contribution in [-0.2, 0) is 20.4 Å². The van der Waals surface area contributed by atoms with Gasteiger partial charge < -0.3 is 10.2 Å². The third kappa shape index (κ3) is 4.04. The van der Waals surface area contributed by atoms with Gasteiger partial charge in [-0.3, -0.25) is 13.8 Å². The van der Waals surface area contributed by atoms with Crippen LogP contribution in [0, 0.1) is 0 Å². The highest BCUT2D eigenvalue weighted by Crippen LogP contribution is 2.20. The molecule has 0 radical (unpaired) electrons. The summed E-state index contributed by atoms with van der Waals surface area (Å²) >= 11 is 0. The molecule has 5 nitrogen and oxygen atoms in total. The van der Waals surface area contributed by atoms with Crippen LogP contribution in [0.3, 0.4) is 0 Å². The Morgan fingerprint density at radius 2 is 2.00 bits per heavy atom. The summed E-state index contributed by atoms with van der Waals surface area (Å²) in [5.41, 5.74) is 0. The Hall–Kier alpha value is -0.910. The number of hydrogen-bond acceptors (Lipinski definition) is 3. The first kappa shape index (κ1) is 17.1. The predicted octanol–water partition coefficient (Wildman–Crippen LogP) is 1.05. The minimum absolute atomic E-state index is 0.00712. The normalized spacial score (nSPS) is 26.3. The van der Waals surface area contributed by atoms with E-state index in [-0.39, 0.29) is 17.9 Å². The molecule has 0 bridgehead atoms. The van der Waals surface area contributed by atoms with Crippen molar-refractivity contribution in [2.75, 3.05) is 12.0 Å². The van der Waals surface area contributed by atoms with Gasteiger partial charge in [-0.15, -0.1) is 0 Å². The van der Waals surface area contributed by atoms with Gasteiger partial charge in [0.05, 0.1) is 0 Å². The Morgan fingerprint density at radius 1 is 1.35 bits per heavy atom. The maximum atomic E-state index is 12.6. The summed E-state index contributed by atoms with van der Waals surface area (Å²) in [7, 11) is -0.874. The average molecular weight is 302 g/mol. The van der Waals surface area contributed by atoms with Gasteiger partial charge in [0.2, 0.25) is 11.8 Å². The molecule has 0 aromatic carbocycles. The van der Waals surface area contributed by atoms with Crippen molar-refractivity contribution in [1.82, 2.24) is 10.2 Å². The highest BCUT2D eigenvalue weighted by molar-refractivity contribution is 7.84. The summed E-state index contributed by atoms with van der Waals surface area (Å²) < 4.78 is 11.2. The van der Waals surface area contributed by atoms with E-state index in [1.54, 1.807) is 11.2 Å². The second-order valence-corrected chi connectivity index (χ2v) is 6.99. The summed E-state index contributed by atoms with van der Waals surface area (Å²) in [6, 6.07) is -0.845. The van der Waals surface area contributed by atoms with Crippen LogP contribution in [-0.4, -0.2) is 51.1 Å². The lowest BCUT2D eigenvalue weighted by Crippen LogP contribution is -2.65. The summed E-state index contributed by atoms with van der Waals surface area (Å²) in [5, 5.41) is 2.83.